The van der Waals surface area contributed by atoms with Gasteiger partial charge in [-0.2, -0.15) is 9.97 Å². The zero-order chi connectivity index (χ0) is 28.0. The lowest BCUT2D eigenvalue weighted by Crippen LogP contribution is -2.39. The molecule has 0 aliphatic carbocycles. The molecule has 1 saturated heterocycles. The molecule has 4 rings (SSSR count). The van der Waals surface area contributed by atoms with Crippen molar-refractivity contribution in [2.75, 3.05) is 38.5 Å². The summed E-state index contributed by atoms with van der Waals surface area (Å²) in [6, 6.07) is 12.0. The minimum absolute atomic E-state index is 0.00793. The number of nitrogens with zero attached hydrogens (tertiary/aromatic N) is 4. The Kier molecular flexibility index (Phi) is 12.5. The molecule has 3 heterocycles. The molecular weight excluding hydrogens is 492 g/mol. The number of amidine groups is 1. The topological polar surface area (TPSA) is 108 Å². The molecular formula is C29H46N8O2. The first-order chi connectivity index (χ1) is 19.0. The maximum Gasteiger partial charge on any atom is 0.228 e. The lowest BCUT2D eigenvalue weighted by Gasteiger charge is -2.29. The third-order valence-electron chi connectivity index (χ3n) is 6.13. The van der Waals surface area contributed by atoms with E-state index in [1.807, 2.05) is 32.0 Å². The van der Waals surface area contributed by atoms with E-state index in [1.54, 1.807) is 6.07 Å². The van der Waals surface area contributed by atoms with E-state index in [4.69, 9.17) is 14.6 Å². The predicted octanol–water partition coefficient (Wildman–Crippen LogP) is 4.74. The summed E-state index contributed by atoms with van der Waals surface area (Å²) in [5, 5.41) is 3.28. The molecule has 1 fully saturated rings. The van der Waals surface area contributed by atoms with Crippen LogP contribution in [0.1, 0.15) is 65.5 Å². The largest absolute Gasteiger partial charge is 0.473 e. The van der Waals surface area contributed by atoms with Crippen molar-refractivity contribution in [2.45, 2.75) is 66.0 Å². The number of aliphatic imine (C=N–C) groups is 1. The van der Waals surface area contributed by atoms with Gasteiger partial charge >= 0.3 is 0 Å². The molecule has 10 nitrogen and oxygen atoms in total. The number of nitrogens with one attached hydrogen (secondary N) is 4. The number of piperidine rings is 1. The van der Waals surface area contributed by atoms with Crippen molar-refractivity contribution < 1.29 is 9.57 Å². The lowest BCUT2D eigenvalue weighted by atomic mass is 10.1. The van der Waals surface area contributed by atoms with Crippen molar-refractivity contribution >= 4 is 17.6 Å². The van der Waals surface area contributed by atoms with Gasteiger partial charge in [0, 0.05) is 25.6 Å². The van der Waals surface area contributed by atoms with Gasteiger partial charge in [0.1, 0.15) is 17.7 Å². The van der Waals surface area contributed by atoms with Crippen LogP contribution in [0.4, 0.5) is 11.8 Å². The van der Waals surface area contributed by atoms with Gasteiger partial charge in [0.15, 0.2) is 5.82 Å². The van der Waals surface area contributed by atoms with E-state index in [9.17, 15) is 0 Å². The summed E-state index contributed by atoms with van der Waals surface area (Å²) in [5.41, 5.74) is 10.6. The highest BCUT2D eigenvalue weighted by Gasteiger charge is 2.21. The van der Waals surface area contributed by atoms with E-state index < -0.39 is 0 Å². The summed E-state index contributed by atoms with van der Waals surface area (Å²) in [5.74, 6) is 3.59. The maximum absolute atomic E-state index is 6.29. The van der Waals surface area contributed by atoms with Crippen LogP contribution in [0, 0.1) is 5.92 Å². The summed E-state index contributed by atoms with van der Waals surface area (Å²) >= 11 is 0. The number of likely N-dealkylation sites (N-methyl/N-ethyl adjacent to an activating group) is 1. The standard InChI is InChI=1S/C27H40N8O2.C2H6/c1-5-24(33-29-16-19(2)3)30-25-15-26(36-21-12-9-13-35(4)18-21)32-27(31-25)28-17-22-14-23(34-37-22)20-10-7-6-8-11-20;1-2/h6-8,10-11,14-15,19,21,23,29,34H,5,9,12-13,16-18H2,1-4H3,(H2,28,30,31,32,33);1-2H3. The van der Waals surface area contributed by atoms with Crippen LogP contribution in [0.2, 0.25) is 0 Å². The van der Waals surface area contributed by atoms with Crippen LogP contribution in [0.3, 0.4) is 0 Å². The zero-order valence-electron chi connectivity index (χ0n) is 24.3. The van der Waals surface area contributed by atoms with Crippen molar-refractivity contribution in [1.29, 1.82) is 0 Å². The highest BCUT2D eigenvalue weighted by molar-refractivity contribution is 5.83. The molecule has 2 aromatic rings. The summed E-state index contributed by atoms with van der Waals surface area (Å²) in [6.45, 7) is 13.6. The molecule has 2 aliphatic heterocycles. The van der Waals surface area contributed by atoms with E-state index in [0.717, 1.165) is 56.1 Å². The molecule has 2 unspecified atom stereocenters. The Balaban J connectivity index is 0.00000205. The number of hydrogen-bond donors (Lipinski definition) is 4. The third-order valence-corrected chi connectivity index (χ3v) is 6.13. The number of anilines is 1. The Bertz CT molecular complexity index is 1060. The van der Waals surface area contributed by atoms with E-state index in [2.05, 4.69) is 82.5 Å². The zero-order valence-corrected chi connectivity index (χ0v) is 24.3. The van der Waals surface area contributed by atoms with Gasteiger partial charge in [0.25, 0.3) is 0 Å². The third kappa shape index (κ3) is 10.1. The van der Waals surface area contributed by atoms with Crippen LogP contribution < -0.4 is 26.4 Å². The summed E-state index contributed by atoms with van der Waals surface area (Å²) < 4.78 is 6.29. The second-order valence-corrected chi connectivity index (χ2v) is 9.94. The van der Waals surface area contributed by atoms with Gasteiger partial charge in [-0.25, -0.2) is 10.4 Å². The Morgan fingerprint density at radius 1 is 1.23 bits per heavy atom. The van der Waals surface area contributed by atoms with Gasteiger partial charge in [-0.3, -0.25) is 0 Å². The first-order valence-electron chi connectivity index (χ1n) is 14.2. The number of ether oxygens (including phenoxy) is 1. The smallest absolute Gasteiger partial charge is 0.228 e. The monoisotopic (exact) mass is 538 g/mol. The molecule has 1 aromatic heterocycles. The minimum atomic E-state index is 0.00793. The molecule has 2 aliphatic rings. The summed E-state index contributed by atoms with van der Waals surface area (Å²) in [6.07, 6.45) is 4.98. The highest BCUT2D eigenvalue weighted by Crippen LogP contribution is 2.24. The average Bonchev–Trinajstić information content (AvgIpc) is 3.42. The number of aromatic nitrogens is 2. The number of hydrazine groups is 1. The Labute approximate surface area is 233 Å². The van der Waals surface area contributed by atoms with Crippen LogP contribution in [0.15, 0.2) is 53.2 Å². The van der Waals surface area contributed by atoms with Gasteiger partial charge in [-0.1, -0.05) is 65.0 Å². The first-order valence-corrected chi connectivity index (χ1v) is 14.2. The van der Waals surface area contributed by atoms with Crippen molar-refractivity contribution in [3.63, 3.8) is 0 Å². The van der Waals surface area contributed by atoms with Crippen molar-refractivity contribution in [3.05, 3.63) is 53.8 Å². The van der Waals surface area contributed by atoms with Gasteiger partial charge in [0.2, 0.25) is 11.8 Å². The number of hydrogen-bond acceptors (Lipinski definition) is 9. The molecule has 0 saturated carbocycles. The van der Waals surface area contributed by atoms with Crippen LogP contribution in [-0.2, 0) is 4.84 Å². The fourth-order valence-electron chi connectivity index (χ4n) is 4.17. The van der Waals surface area contributed by atoms with Gasteiger partial charge < -0.3 is 25.2 Å². The molecule has 0 radical (unpaired) electrons. The molecule has 214 valence electrons. The van der Waals surface area contributed by atoms with E-state index in [-0.39, 0.29) is 12.1 Å². The average molecular weight is 539 g/mol. The molecule has 0 amide bonds. The Morgan fingerprint density at radius 3 is 2.74 bits per heavy atom. The second kappa shape index (κ2) is 16.0. The fraction of sp³-hybridized carbons (Fsp3) is 0.552. The lowest BCUT2D eigenvalue weighted by molar-refractivity contribution is 0.100. The molecule has 2 atom stereocenters. The summed E-state index contributed by atoms with van der Waals surface area (Å²) in [7, 11) is 2.12. The van der Waals surface area contributed by atoms with Crippen LogP contribution >= 0.6 is 0 Å². The van der Waals surface area contributed by atoms with Gasteiger partial charge in [-0.15, -0.1) is 5.48 Å². The van der Waals surface area contributed by atoms with E-state index >= 15 is 0 Å². The first kappa shape index (κ1) is 30.3. The van der Waals surface area contributed by atoms with Crippen molar-refractivity contribution in [2.24, 2.45) is 10.9 Å². The number of rotatable bonds is 11. The molecule has 0 bridgehead atoms. The molecule has 4 N–H and O–H groups in total. The van der Waals surface area contributed by atoms with Crippen molar-refractivity contribution in [3.8, 4) is 5.88 Å². The van der Waals surface area contributed by atoms with E-state index in [1.165, 1.54) is 0 Å². The molecule has 1 aromatic carbocycles. The van der Waals surface area contributed by atoms with Crippen LogP contribution in [0.5, 0.6) is 5.88 Å². The minimum Gasteiger partial charge on any atom is -0.473 e. The quantitative estimate of drug-likeness (QED) is 0.183. The van der Waals surface area contributed by atoms with Gasteiger partial charge in [-0.05, 0) is 44.0 Å². The molecule has 10 heteroatoms. The van der Waals surface area contributed by atoms with Crippen LogP contribution in [0.25, 0.3) is 0 Å². The number of likely N-dealkylation sites (tertiary alicyclic amines) is 1. The Morgan fingerprint density at radius 2 is 2.03 bits per heavy atom. The normalized spacial score (nSPS) is 19.6. The molecule has 39 heavy (non-hydrogen) atoms. The highest BCUT2D eigenvalue weighted by atomic mass is 16.7. The second-order valence-electron chi connectivity index (χ2n) is 9.94. The van der Waals surface area contributed by atoms with Gasteiger partial charge in [0.05, 0.1) is 12.6 Å². The predicted molar refractivity (Wildman–Crippen MR) is 158 cm³/mol. The SMILES string of the molecule is CC.CC/C(=N\c1cc(OC2CCCN(C)C2)nc(NCC2=CC(c3ccccc3)NO2)n1)NNCC(C)C. The summed E-state index contributed by atoms with van der Waals surface area (Å²) in [4.78, 5) is 22.0. The Hall–Kier alpha value is -3.21. The van der Waals surface area contributed by atoms with Crippen LogP contribution in [-0.4, -0.2) is 60.0 Å². The molecule has 0 spiro atoms. The number of hydroxylamine groups is 1. The van der Waals surface area contributed by atoms with E-state index in [0.29, 0.717) is 30.1 Å². The van der Waals surface area contributed by atoms with Crippen molar-refractivity contribution in [1.82, 2.24) is 31.2 Å². The maximum atomic E-state index is 6.29. The number of benzene rings is 1. The fourth-order valence-corrected chi connectivity index (χ4v) is 4.17.